The van der Waals surface area contributed by atoms with Crippen LogP contribution >= 0.6 is 22.9 Å². The van der Waals surface area contributed by atoms with Crippen LogP contribution in [0.4, 0.5) is 0 Å². The van der Waals surface area contributed by atoms with Gasteiger partial charge >= 0.3 is 5.97 Å². The fourth-order valence-electron chi connectivity index (χ4n) is 2.06. The molecule has 122 valence electrons. The molecule has 23 heavy (non-hydrogen) atoms. The molecule has 0 aliphatic rings. The van der Waals surface area contributed by atoms with Crippen LogP contribution in [-0.2, 0) is 9.53 Å². The van der Waals surface area contributed by atoms with E-state index in [0.717, 1.165) is 16.9 Å². The highest BCUT2D eigenvalue weighted by molar-refractivity contribution is 7.16. The van der Waals surface area contributed by atoms with Gasteiger partial charge in [-0.05, 0) is 24.6 Å². The molecule has 0 atom stereocenters. The minimum Gasteiger partial charge on any atom is -0.506 e. The summed E-state index contributed by atoms with van der Waals surface area (Å²) in [5, 5.41) is 13.5. The quantitative estimate of drug-likeness (QED) is 0.648. The molecule has 0 bridgehead atoms. The lowest BCUT2D eigenvalue weighted by molar-refractivity contribution is -0.140. The number of benzene rings is 1. The third kappa shape index (κ3) is 3.80. The third-order valence-corrected chi connectivity index (χ3v) is 4.40. The first kappa shape index (κ1) is 17.2. The Morgan fingerprint density at radius 1 is 1.39 bits per heavy atom. The van der Waals surface area contributed by atoms with Crippen LogP contribution in [-0.4, -0.2) is 30.1 Å². The van der Waals surface area contributed by atoms with E-state index in [4.69, 9.17) is 11.6 Å². The van der Waals surface area contributed by atoms with E-state index in [0.29, 0.717) is 15.1 Å². The molecule has 8 heteroatoms. The number of rotatable bonds is 4. The number of fused-ring (bicyclic) bond motifs is 1. The fraction of sp³-hybridized carbons (Fsp3) is 0.267. The molecule has 0 saturated carbocycles. The van der Waals surface area contributed by atoms with Crippen LogP contribution < -0.4 is 10.1 Å². The Kier molecular flexibility index (Phi) is 5.23. The second kappa shape index (κ2) is 6.97. The van der Waals surface area contributed by atoms with Gasteiger partial charge in [-0.25, -0.2) is 0 Å². The third-order valence-electron chi connectivity index (χ3n) is 3.05. The predicted octanol–water partition coefficient (Wildman–Crippen LogP) is 2.22. The van der Waals surface area contributed by atoms with E-state index in [1.165, 1.54) is 13.0 Å². The van der Waals surface area contributed by atoms with E-state index in [1.54, 1.807) is 13.0 Å². The largest absolute Gasteiger partial charge is 0.506 e. The van der Waals surface area contributed by atoms with E-state index < -0.39 is 22.4 Å². The predicted molar refractivity (Wildman–Crippen MR) is 88.5 cm³/mol. The minimum absolute atomic E-state index is 0.0159. The summed E-state index contributed by atoms with van der Waals surface area (Å²) in [7, 11) is 0. The van der Waals surface area contributed by atoms with E-state index in [1.807, 2.05) is 0 Å². The van der Waals surface area contributed by atoms with E-state index in [9.17, 15) is 19.5 Å². The number of nitrogens with one attached hydrogen (secondary N) is 1. The zero-order valence-electron chi connectivity index (χ0n) is 12.4. The first-order chi connectivity index (χ1) is 10.8. The molecule has 0 saturated heterocycles. The number of carbonyl (C=O) groups is 2. The van der Waals surface area contributed by atoms with Crippen molar-refractivity contribution in [1.29, 1.82) is 0 Å². The van der Waals surface area contributed by atoms with Crippen LogP contribution in [0, 0.1) is 6.92 Å². The number of halogens is 1. The SMILES string of the molecule is CC(=O)OCCNC(=O)c1c(O)c2cc(Cl)cc(C)c2sc1=O. The van der Waals surface area contributed by atoms with Crippen molar-refractivity contribution < 1.29 is 19.4 Å². The van der Waals surface area contributed by atoms with Crippen molar-refractivity contribution in [3.8, 4) is 5.75 Å². The van der Waals surface area contributed by atoms with Gasteiger partial charge in [-0.1, -0.05) is 22.9 Å². The van der Waals surface area contributed by atoms with Crippen molar-refractivity contribution in [3.63, 3.8) is 0 Å². The molecule has 0 fully saturated rings. The summed E-state index contributed by atoms with van der Waals surface area (Å²) in [4.78, 5) is 34.9. The van der Waals surface area contributed by atoms with E-state index in [-0.39, 0.29) is 18.7 Å². The van der Waals surface area contributed by atoms with Gasteiger partial charge in [0.1, 0.15) is 17.9 Å². The van der Waals surface area contributed by atoms with Crippen LogP contribution in [0.15, 0.2) is 16.9 Å². The summed E-state index contributed by atoms with van der Waals surface area (Å²) in [6.45, 7) is 3.04. The Morgan fingerprint density at radius 2 is 2.09 bits per heavy atom. The molecular formula is C15H14ClNO5S. The molecule has 1 amide bonds. The van der Waals surface area contributed by atoms with E-state index in [2.05, 4.69) is 10.1 Å². The number of aromatic hydroxyl groups is 1. The zero-order valence-corrected chi connectivity index (χ0v) is 14.0. The smallest absolute Gasteiger partial charge is 0.302 e. The Morgan fingerprint density at radius 3 is 2.74 bits per heavy atom. The van der Waals surface area contributed by atoms with Crippen molar-refractivity contribution in [3.05, 3.63) is 37.8 Å². The summed E-state index contributed by atoms with van der Waals surface area (Å²) in [5.74, 6) is -1.60. The van der Waals surface area contributed by atoms with Gasteiger partial charge in [0.2, 0.25) is 4.74 Å². The van der Waals surface area contributed by atoms with Crippen LogP contribution in [0.2, 0.25) is 5.02 Å². The highest BCUT2D eigenvalue weighted by Gasteiger charge is 2.20. The number of amides is 1. The lowest BCUT2D eigenvalue weighted by Gasteiger charge is -2.09. The molecule has 1 aromatic heterocycles. The van der Waals surface area contributed by atoms with Gasteiger partial charge in [0, 0.05) is 22.0 Å². The molecule has 0 radical (unpaired) electrons. The molecular weight excluding hydrogens is 342 g/mol. The molecule has 1 heterocycles. The monoisotopic (exact) mass is 355 g/mol. The molecule has 2 aromatic rings. The maximum Gasteiger partial charge on any atom is 0.302 e. The van der Waals surface area contributed by atoms with Crippen molar-refractivity contribution in [2.45, 2.75) is 13.8 Å². The summed E-state index contributed by atoms with van der Waals surface area (Å²) in [6.07, 6.45) is 0. The Balaban J connectivity index is 2.35. The highest BCUT2D eigenvalue weighted by atomic mass is 35.5. The second-order valence-corrected chi connectivity index (χ2v) is 6.23. The first-order valence-electron chi connectivity index (χ1n) is 6.68. The molecule has 6 nitrogen and oxygen atoms in total. The molecule has 0 spiro atoms. The van der Waals surface area contributed by atoms with Crippen molar-refractivity contribution >= 4 is 44.9 Å². The standard InChI is InChI=1S/C15H14ClNO5S/c1-7-5-9(16)6-10-12(19)11(15(21)23-13(7)10)14(20)17-3-4-22-8(2)18/h5-6,19H,3-4H2,1-2H3,(H,17,20). The minimum atomic E-state index is -0.726. The normalized spacial score (nSPS) is 10.6. The van der Waals surface area contributed by atoms with Crippen molar-refractivity contribution in [2.75, 3.05) is 13.2 Å². The lowest BCUT2D eigenvalue weighted by Crippen LogP contribution is -2.31. The Bertz CT molecular complexity index is 846. The van der Waals surface area contributed by atoms with Crippen molar-refractivity contribution in [2.24, 2.45) is 0 Å². The summed E-state index contributed by atoms with van der Waals surface area (Å²) in [5.41, 5.74) is 0.402. The molecule has 2 N–H and O–H groups in total. The summed E-state index contributed by atoms with van der Waals surface area (Å²) in [6, 6.07) is 3.18. The average Bonchev–Trinajstić information content (AvgIpc) is 2.45. The number of ether oxygens (including phenoxy) is 1. The van der Waals surface area contributed by atoms with Crippen LogP contribution in [0.3, 0.4) is 0 Å². The number of esters is 1. The van der Waals surface area contributed by atoms with Crippen molar-refractivity contribution in [1.82, 2.24) is 5.32 Å². The molecule has 2 rings (SSSR count). The summed E-state index contributed by atoms with van der Waals surface area (Å²) < 4.78 is 4.71. The van der Waals surface area contributed by atoms with Crippen LogP contribution in [0.5, 0.6) is 5.75 Å². The maximum absolute atomic E-state index is 12.2. The van der Waals surface area contributed by atoms with Crippen LogP contribution in [0.1, 0.15) is 22.8 Å². The maximum atomic E-state index is 12.2. The topological polar surface area (TPSA) is 92.7 Å². The number of aryl methyl sites for hydroxylation is 1. The number of hydrogen-bond acceptors (Lipinski definition) is 6. The number of hydrogen-bond donors (Lipinski definition) is 2. The van der Waals surface area contributed by atoms with Gasteiger partial charge in [-0.2, -0.15) is 0 Å². The molecule has 0 aliphatic carbocycles. The molecule has 0 aliphatic heterocycles. The average molecular weight is 356 g/mol. The second-order valence-electron chi connectivity index (χ2n) is 4.81. The lowest BCUT2D eigenvalue weighted by atomic mass is 10.1. The summed E-state index contributed by atoms with van der Waals surface area (Å²) >= 11 is 6.84. The van der Waals surface area contributed by atoms with Crippen LogP contribution in [0.25, 0.3) is 10.1 Å². The first-order valence-corrected chi connectivity index (χ1v) is 7.88. The fourth-order valence-corrected chi connectivity index (χ4v) is 3.30. The Hall–Kier alpha value is -2.12. The van der Waals surface area contributed by atoms with Gasteiger partial charge in [-0.3, -0.25) is 14.4 Å². The zero-order chi connectivity index (χ0) is 17.1. The molecule has 0 unspecified atom stereocenters. The van der Waals surface area contributed by atoms with Gasteiger partial charge in [0.05, 0.1) is 6.54 Å². The van der Waals surface area contributed by atoms with Gasteiger partial charge in [0.15, 0.2) is 0 Å². The van der Waals surface area contributed by atoms with Gasteiger partial charge in [0.25, 0.3) is 5.91 Å². The van der Waals surface area contributed by atoms with Gasteiger partial charge < -0.3 is 15.2 Å². The number of carbonyl (C=O) groups excluding carboxylic acids is 2. The van der Waals surface area contributed by atoms with E-state index >= 15 is 0 Å². The van der Waals surface area contributed by atoms with Gasteiger partial charge in [-0.15, -0.1) is 0 Å². The Labute approximate surface area is 140 Å². The molecule has 1 aromatic carbocycles. The highest BCUT2D eigenvalue weighted by Crippen LogP contribution is 2.33.